The van der Waals surface area contributed by atoms with Crippen LogP contribution in [0.3, 0.4) is 0 Å². The molecule has 4 rings (SSSR count). The minimum atomic E-state index is -3.89. The molecule has 0 amide bonds. The van der Waals surface area contributed by atoms with E-state index in [-0.39, 0.29) is 17.7 Å². The highest BCUT2D eigenvalue weighted by Crippen LogP contribution is 2.49. The average molecular weight is 625 g/mol. The number of carboxylic acids is 1. The molecule has 0 bridgehead atoms. The lowest BCUT2D eigenvalue weighted by molar-refractivity contribution is -0.146. The van der Waals surface area contributed by atoms with Crippen molar-refractivity contribution in [2.45, 2.75) is 13.8 Å². The van der Waals surface area contributed by atoms with E-state index in [9.17, 15) is 18.9 Å². The summed E-state index contributed by atoms with van der Waals surface area (Å²) in [6, 6.07) is 32.3. The fourth-order valence-electron chi connectivity index (χ4n) is 3.15. The van der Waals surface area contributed by atoms with Gasteiger partial charge in [-0.3, -0.25) is 0 Å². The van der Waals surface area contributed by atoms with E-state index in [1.54, 1.807) is 98.8 Å². The summed E-state index contributed by atoms with van der Waals surface area (Å²) in [5.74, 6) is -1.09. The second kappa shape index (κ2) is 19.1. The summed E-state index contributed by atoms with van der Waals surface area (Å²) in [6.07, 6.45) is 0. The van der Waals surface area contributed by atoms with Crippen molar-refractivity contribution in [3.05, 3.63) is 126 Å². The molecule has 0 radical (unpaired) electrons. The Morgan fingerprint density at radius 2 is 0.955 bits per heavy atom. The molecule has 0 saturated heterocycles. The van der Waals surface area contributed by atoms with Gasteiger partial charge in [-0.25, -0.2) is 14.4 Å². The Kier molecular flexibility index (Phi) is 15.3. The molecular weight excluding hydrogens is 591 g/mol. The smallest absolute Gasteiger partial charge is 0.478 e. The van der Waals surface area contributed by atoms with Crippen molar-refractivity contribution in [3.63, 3.8) is 0 Å². The Morgan fingerprint density at radius 3 is 1.27 bits per heavy atom. The molecule has 0 aliphatic heterocycles. The third-order valence-electron chi connectivity index (χ3n) is 4.97. The van der Waals surface area contributed by atoms with E-state index < -0.39 is 32.3 Å². The van der Waals surface area contributed by atoms with Crippen LogP contribution in [-0.4, -0.2) is 47.9 Å². The van der Waals surface area contributed by atoms with Gasteiger partial charge in [0, 0.05) is 0 Å². The summed E-state index contributed by atoms with van der Waals surface area (Å²) in [6.45, 7) is 3.40. The quantitative estimate of drug-likeness (QED) is 0.140. The van der Waals surface area contributed by atoms with Crippen LogP contribution < -0.4 is 13.6 Å². The Bertz CT molecular complexity index is 1370. The molecule has 11 nitrogen and oxygen atoms in total. The number of carboxylic acid groups (broad SMARTS) is 1. The normalized spacial score (nSPS) is 9.98. The molecule has 44 heavy (non-hydrogen) atoms. The van der Waals surface area contributed by atoms with Crippen LogP contribution in [0.4, 0.5) is 0 Å². The SMILES string of the molecule is CCOC(=O)CO.CCOC(=O)c1ccccc1C(=O)O.O=P(Oc1ccccc1)(Oc1ccccc1)Oc1ccccc1. The highest BCUT2D eigenvalue weighted by molar-refractivity contribution is 7.49. The largest absolute Gasteiger partial charge is 0.647 e. The number of aliphatic hydroxyl groups is 1. The number of phosphoric ester groups is 1. The van der Waals surface area contributed by atoms with Gasteiger partial charge in [-0.15, -0.1) is 0 Å². The summed E-state index contributed by atoms with van der Waals surface area (Å²) in [5.41, 5.74) is 0.0489. The molecule has 4 aromatic carbocycles. The van der Waals surface area contributed by atoms with Crippen LogP contribution in [0.25, 0.3) is 0 Å². The Hall–Kier alpha value is -5.12. The van der Waals surface area contributed by atoms with E-state index in [0.717, 1.165) is 0 Å². The fraction of sp³-hybridized carbons (Fsp3) is 0.156. The maximum atomic E-state index is 13.1. The number of phosphoric acid groups is 1. The van der Waals surface area contributed by atoms with Crippen LogP contribution in [0.2, 0.25) is 0 Å². The molecule has 12 heteroatoms. The minimum Gasteiger partial charge on any atom is -0.478 e. The number of aromatic carboxylic acids is 1. The summed E-state index contributed by atoms with van der Waals surface area (Å²) in [7, 11) is -3.89. The van der Waals surface area contributed by atoms with E-state index >= 15 is 0 Å². The number of hydrogen-bond donors (Lipinski definition) is 2. The first-order valence-electron chi connectivity index (χ1n) is 13.3. The van der Waals surface area contributed by atoms with E-state index in [2.05, 4.69) is 4.74 Å². The van der Waals surface area contributed by atoms with Gasteiger partial charge >= 0.3 is 25.7 Å². The zero-order chi connectivity index (χ0) is 32.2. The number of hydrogen-bond acceptors (Lipinski definition) is 10. The number of para-hydroxylation sites is 3. The molecule has 0 atom stereocenters. The van der Waals surface area contributed by atoms with Crippen molar-refractivity contribution in [2.75, 3.05) is 19.8 Å². The number of carbonyl (C=O) groups is 3. The topological polar surface area (TPSA) is 155 Å². The van der Waals surface area contributed by atoms with Gasteiger partial charge in [0.25, 0.3) is 0 Å². The number of aliphatic hydroxyl groups excluding tert-OH is 1. The lowest BCUT2D eigenvalue weighted by Crippen LogP contribution is -2.11. The van der Waals surface area contributed by atoms with E-state index in [4.69, 9.17) is 28.5 Å². The third kappa shape index (κ3) is 12.8. The maximum absolute atomic E-state index is 13.1. The predicted molar refractivity (Wildman–Crippen MR) is 162 cm³/mol. The fourth-order valence-corrected chi connectivity index (χ4v) is 4.40. The second-order valence-corrected chi connectivity index (χ2v) is 9.64. The van der Waals surface area contributed by atoms with Crippen molar-refractivity contribution in [1.82, 2.24) is 0 Å². The number of benzene rings is 4. The van der Waals surface area contributed by atoms with Crippen molar-refractivity contribution in [3.8, 4) is 17.2 Å². The van der Waals surface area contributed by atoms with Gasteiger partial charge in [-0.2, -0.15) is 4.57 Å². The first-order valence-corrected chi connectivity index (χ1v) is 14.8. The average Bonchev–Trinajstić information content (AvgIpc) is 3.03. The molecule has 0 saturated carbocycles. The number of esters is 2. The van der Waals surface area contributed by atoms with E-state index in [0.29, 0.717) is 23.9 Å². The van der Waals surface area contributed by atoms with Gasteiger partial charge in [-0.05, 0) is 62.4 Å². The third-order valence-corrected chi connectivity index (χ3v) is 6.27. The van der Waals surface area contributed by atoms with E-state index in [1.165, 1.54) is 12.1 Å². The second-order valence-electron chi connectivity index (χ2n) is 8.19. The Balaban J connectivity index is 0.000000273. The zero-order valence-electron chi connectivity index (χ0n) is 24.1. The number of rotatable bonds is 11. The molecule has 0 aliphatic carbocycles. The van der Waals surface area contributed by atoms with Gasteiger partial charge in [0.05, 0.1) is 24.3 Å². The highest BCUT2D eigenvalue weighted by Gasteiger charge is 2.33. The molecule has 232 valence electrons. The Morgan fingerprint density at radius 1 is 0.591 bits per heavy atom. The van der Waals surface area contributed by atoms with Crippen LogP contribution in [0.5, 0.6) is 17.2 Å². The van der Waals surface area contributed by atoms with Crippen LogP contribution in [-0.2, 0) is 18.8 Å². The molecule has 0 fully saturated rings. The van der Waals surface area contributed by atoms with Crippen LogP contribution in [0.15, 0.2) is 115 Å². The molecule has 4 aromatic rings. The standard InChI is InChI=1S/C18H15O4P.C10H10O4.C4H8O3/c19-23(20-16-10-4-1-5-11-16,21-17-12-6-2-7-13-17)22-18-14-8-3-9-15-18;1-2-14-10(13)8-6-4-3-5-7(8)9(11)12;1-2-7-4(6)3-5/h1-15H;3-6H,2H2,1H3,(H,11,12);5H,2-3H2,1H3. The van der Waals surface area contributed by atoms with Crippen molar-refractivity contribution >= 4 is 25.7 Å². The van der Waals surface area contributed by atoms with Crippen LogP contribution >= 0.6 is 7.82 Å². The predicted octanol–water partition coefficient (Wildman–Crippen LogP) is 6.43. The molecular formula is C32H33O11P. The molecule has 0 heterocycles. The van der Waals surface area contributed by atoms with Gasteiger partial charge in [0.1, 0.15) is 23.9 Å². The van der Waals surface area contributed by atoms with Gasteiger partial charge < -0.3 is 33.3 Å². The monoisotopic (exact) mass is 624 g/mol. The zero-order valence-corrected chi connectivity index (χ0v) is 25.0. The van der Waals surface area contributed by atoms with Crippen LogP contribution in [0, 0.1) is 0 Å². The summed E-state index contributed by atoms with van der Waals surface area (Å²) in [5, 5.41) is 16.8. The van der Waals surface area contributed by atoms with Gasteiger partial charge in [0.2, 0.25) is 0 Å². The van der Waals surface area contributed by atoms with Crippen molar-refractivity contribution in [2.24, 2.45) is 0 Å². The van der Waals surface area contributed by atoms with Crippen LogP contribution in [0.1, 0.15) is 34.6 Å². The maximum Gasteiger partial charge on any atom is 0.647 e. The first kappa shape index (κ1) is 35.1. The molecule has 2 N–H and O–H groups in total. The van der Waals surface area contributed by atoms with Crippen molar-refractivity contribution < 1.29 is 52.2 Å². The highest BCUT2D eigenvalue weighted by atomic mass is 31.2. The molecule has 0 aromatic heterocycles. The number of carbonyl (C=O) groups excluding carboxylic acids is 2. The first-order chi connectivity index (χ1) is 21.2. The molecule has 0 spiro atoms. The summed E-state index contributed by atoms with van der Waals surface area (Å²) < 4.78 is 38.6. The minimum absolute atomic E-state index is 0.0362. The van der Waals surface area contributed by atoms with Gasteiger partial charge in [0.15, 0.2) is 0 Å². The van der Waals surface area contributed by atoms with Gasteiger partial charge in [-0.1, -0.05) is 66.7 Å². The molecule has 0 unspecified atom stereocenters. The summed E-state index contributed by atoms with van der Waals surface area (Å²) in [4.78, 5) is 31.9. The number of ether oxygens (including phenoxy) is 2. The summed E-state index contributed by atoms with van der Waals surface area (Å²) >= 11 is 0. The van der Waals surface area contributed by atoms with E-state index in [1.807, 2.05) is 18.2 Å². The molecule has 0 aliphatic rings. The lowest BCUT2D eigenvalue weighted by Gasteiger charge is -2.19. The van der Waals surface area contributed by atoms with Crippen molar-refractivity contribution in [1.29, 1.82) is 0 Å². The Labute approximate surface area is 255 Å². The lowest BCUT2D eigenvalue weighted by atomic mass is 10.1.